The van der Waals surface area contributed by atoms with Crippen LogP contribution in [0, 0.1) is 0 Å². The van der Waals surface area contributed by atoms with Crippen LogP contribution in [0.3, 0.4) is 0 Å². The van der Waals surface area contributed by atoms with Gasteiger partial charge in [0.05, 0.1) is 18.5 Å². The van der Waals surface area contributed by atoms with Crippen molar-refractivity contribution in [3.05, 3.63) is 35.9 Å². The number of esters is 1. The van der Waals surface area contributed by atoms with Crippen molar-refractivity contribution < 1.29 is 23.1 Å². The van der Waals surface area contributed by atoms with Crippen LogP contribution in [-0.4, -0.2) is 44.5 Å². The molecule has 0 heterocycles. The molecule has 0 saturated carbocycles. The van der Waals surface area contributed by atoms with Gasteiger partial charge in [0, 0.05) is 13.0 Å². The molecule has 1 aromatic carbocycles. The normalized spacial score (nSPS) is 14.1. The molecule has 0 aliphatic heterocycles. The third-order valence-electron chi connectivity index (χ3n) is 3.55. The van der Waals surface area contributed by atoms with E-state index < -0.39 is 16.1 Å². The minimum Gasteiger partial charge on any atom is -0.466 e. The molecule has 0 aliphatic carbocycles. The highest BCUT2D eigenvalue weighted by Crippen LogP contribution is 2.20. The maximum absolute atomic E-state index is 12.1. The number of ether oxygens (including phenoxy) is 1. The van der Waals surface area contributed by atoms with Crippen molar-refractivity contribution in [2.75, 3.05) is 18.9 Å². The molecule has 0 saturated heterocycles. The lowest BCUT2D eigenvalue weighted by molar-refractivity contribution is -0.143. The van der Waals surface area contributed by atoms with Gasteiger partial charge in [0.15, 0.2) is 0 Å². The van der Waals surface area contributed by atoms with E-state index in [2.05, 4.69) is 4.72 Å². The molecule has 0 aromatic heterocycles. The fourth-order valence-electron chi connectivity index (χ4n) is 2.41. The highest BCUT2D eigenvalue weighted by molar-refractivity contribution is 7.89. The second-order valence-corrected chi connectivity index (χ2v) is 7.69. The van der Waals surface area contributed by atoms with Gasteiger partial charge in [-0.2, -0.15) is 0 Å². The SMILES string of the molecule is CCOC(=O)CCCS(=O)(=O)NC[C@@H](C[C@H](C)O)c1ccccc1. The van der Waals surface area contributed by atoms with Gasteiger partial charge in [-0.25, -0.2) is 13.1 Å². The van der Waals surface area contributed by atoms with E-state index in [1.54, 1.807) is 13.8 Å². The zero-order valence-electron chi connectivity index (χ0n) is 14.3. The van der Waals surface area contributed by atoms with E-state index in [-0.39, 0.29) is 37.0 Å². The Kier molecular flexibility index (Phi) is 8.95. The molecule has 0 bridgehead atoms. The second kappa shape index (κ2) is 10.4. The fourth-order valence-corrected chi connectivity index (χ4v) is 3.54. The Morgan fingerprint density at radius 1 is 1.29 bits per heavy atom. The number of sulfonamides is 1. The molecule has 0 aliphatic rings. The molecule has 0 spiro atoms. The van der Waals surface area contributed by atoms with Crippen LogP contribution in [0.5, 0.6) is 0 Å². The zero-order valence-corrected chi connectivity index (χ0v) is 15.1. The van der Waals surface area contributed by atoms with Crippen molar-refractivity contribution in [1.82, 2.24) is 4.72 Å². The molecule has 0 radical (unpaired) electrons. The van der Waals surface area contributed by atoms with Crippen molar-refractivity contribution in [2.24, 2.45) is 0 Å². The van der Waals surface area contributed by atoms with Gasteiger partial charge in [0.2, 0.25) is 10.0 Å². The summed E-state index contributed by atoms with van der Waals surface area (Å²) in [5.74, 6) is -0.614. The van der Waals surface area contributed by atoms with E-state index >= 15 is 0 Å². The number of carbonyl (C=O) groups is 1. The van der Waals surface area contributed by atoms with E-state index in [0.29, 0.717) is 13.0 Å². The average molecular weight is 357 g/mol. The summed E-state index contributed by atoms with van der Waals surface area (Å²) in [6.45, 7) is 3.91. The first kappa shape index (κ1) is 20.6. The number of aliphatic hydroxyl groups excluding tert-OH is 1. The van der Waals surface area contributed by atoms with Gasteiger partial charge in [0.25, 0.3) is 0 Å². The monoisotopic (exact) mass is 357 g/mol. The highest BCUT2D eigenvalue weighted by atomic mass is 32.2. The Morgan fingerprint density at radius 3 is 2.54 bits per heavy atom. The smallest absolute Gasteiger partial charge is 0.305 e. The Morgan fingerprint density at radius 2 is 1.96 bits per heavy atom. The number of carbonyl (C=O) groups excluding carboxylic acids is 1. The summed E-state index contributed by atoms with van der Waals surface area (Å²) in [7, 11) is -3.47. The van der Waals surface area contributed by atoms with Crippen molar-refractivity contribution in [2.45, 2.75) is 45.1 Å². The summed E-state index contributed by atoms with van der Waals surface area (Å²) in [4.78, 5) is 11.2. The highest BCUT2D eigenvalue weighted by Gasteiger charge is 2.18. The first-order chi connectivity index (χ1) is 11.3. The van der Waals surface area contributed by atoms with E-state index in [9.17, 15) is 18.3 Å². The molecule has 6 nitrogen and oxygen atoms in total. The van der Waals surface area contributed by atoms with Gasteiger partial charge in [-0.3, -0.25) is 4.79 Å². The number of hydrogen-bond acceptors (Lipinski definition) is 5. The van der Waals surface area contributed by atoms with Gasteiger partial charge in [-0.15, -0.1) is 0 Å². The zero-order chi connectivity index (χ0) is 18.0. The Balaban J connectivity index is 2.54. The standard InChI is InChI=1S/C17H27NO5S/c1-3-23-17(20)10-7-11-24(21,22)18-13-16(12-14(2)19)15-8-5-4-6-9-15/h4-6,8-9,14,16,18-19H,3,7,10-13H2,1-2H3/t14-,16+/m0/s1. The van der Waals surface area contributed by atoms with Gasteiger partial charge >= 0.3 is 5.97 Å². The number of nitrogens with one attached hydrogen (secondary N) is 1. The summed E-state index contributed by atoms with van der Waals surface area (Å²) >= 11 is 0. The number of rotatable bonds is 11. The van der Waals surface area contributed by atoms with Crippen LogP contribution < -0.4 is 4.72 Å². The third-order valence-corrected chi connectivity index (χ3v) is 4.98. The number of benzene rings is 1. The van der Waals surface area contributed by atoms with Crippen molar-refractivity contribution >= 4 is 16.0 Å². The quantitative estimate of drug-likeness (QED) is 0.589. The van der Waals surface area contributed by atoms with Crippen LogP contribution in [0.2, 0.25) is 0 Å². The molecular formula is C17H27NO5S. The van der Waals surface area contributed by atoms with E-state index in [1.807, 2.05) is 30.3 Å². The van der Waals surface area contributed by atoms with Gasteiger partial charge in [0.1, 0.15) is 0 Å². The molecule has 1 aromatic rings. The number of hydrogen-bond donors (Lipinski definition) is 2. The van der Waals surface area contributed by atoms with E-state index in [0.717, 1.165) is 5.56 Å². The molecule has 136 valence electrons. The lowest BCUT2D eigenvalue weighted by Gasteiger charge is -2.19. The van der Waals surface area contributed by atoms with Crippen LogP contribution in [0.1, 0.15) is 44.6 Å². The van der Waals surface area contributed by atoms with Crippen molar-refractivity contribution in [1.29, 1.82) is 0 Å². The second-order valence-electron chi connectivity index (χ2n) is 5.77. The Bertz CT molecular complexity index is 586. The van der Waals surface area contributed by atoms with Crippen LogP contribution in [-0.2, 0) is 19.6 Å². The lowest BCUT2D eigenvalue weighted by Crippen LogP contribution is -2.31. The molecule has 7 heteroatoms. The van der Waals surface area contributed by atoms with Crippen LogP contribution in [0.25, 0.3) is 0 Å². The van der Waals surface area contributed by atoms with Gasteiger partial charge in [-0.1, -0.05) is 30.3 Å². The molecule has 24 heavy (non-hydrogen) atoms. The average Bonchev–Trinajstić information content (AvgIpc) is 2.52. The van der Waals surface area contributed by atoms with Gasteiger partial charge in [-0.05, 0) is 38.2 Å². The summed E-state index contributed by atoms with van der Waals surface area (Å²) in [5.41, 5.74) is 0.979. The maximum atomic E-state index is 12.1. The van der Waals surface area contributed by atoms with Gasteiger partial charge < -0.3 is 9.84 Å². The molecule has 0 unspecified atom stereocenters. The molecular weight excluding hydrogens is 330 g/mol. The molecule has 0 amide bonds. The molecule has 2 atom stereocenters. The summed E-state index contributed by atoms with van der Waals surface area (Å²) in [6, 6.07) is 9.50. The maximum Gasteiger partial charge on any atom is 0.305 e. The van der Waals surface area contributed by atoms with E-state index in [1.165, 1.54) is 0 Å². The molecule has 2 N–H and O–H groups in total. The summed E-state index contributed by atoms with van der Waals surface area (Å²) in [5, 5.41) is 9.64. The van der Waals surface area contributed by atoms with E-state index in [4.69, 9.17) is 4.74 Å². The Hall–Kier alpha value is -1.44. The molecule has 1 rings (SSSR count). The fraction of sp³-hybridized carbons (Fsp3) is 0.588. The van der Waals surface area contributed by atoms with Crippen LogP contribution >= 0.6 is 0 Å². The Labute approximate surface area is 144 Å². The van der Waals surface area contributed by atoms with Crippen LogP contribution in [0.15, 0.2) is 30.3 Å². The summed E-state index contributed by atoms with van der Waals surface area (Å²) in [6.07, 6.45) is 0.254. The van der Waals surface area contributed by atoms with Crippen molar-refractivity contribution in [3.63, 3.8) is 0 Å². The third kappa shape index (κ3) is 8.42. The largest absolute Gasteiger partial charge is 0.466 e. The first-order valence-corrected chi connectivity index (χ1v) is 9.85. The van der Waals surface area contributed by atoms with Crippen LogP contribution in [0.4, 0.5) is 0 Å². The predicted molar refractivity (Wildman–Crippen MR) is 93.1 cm³/mol. The first-order valence-electron chi connectivity index (χ1n) is 8.20. The predicted octanol–water partition coefficient (Wildman–Crippen LogP) is 1.80. The lowest BCUT2D eigenvalue weighted by atomic mass is 9.94. The van der Waals surface area contributed by atoms with Crippen molar-refractivity contribution in [3.8, 4) is 0 Å². The summed E-state index contributed by atoms with van der Waals surface area (Å²) < 4.78 is 31.5. The topological polar surface area (TPSA) is 92.7 Å². The number of aliphatic hydroxyl groups is 1. The molecule has 0 fully saturated rings. The minimum absolute atomic E-state index is 0.0878. The minimum atomic E-state index is -3.47.